The number of esters is 2. The maximum Gasteiger partial charge on any atom is 0.350 e. The van der Waals surface area contributed by atoms with E-state index < -0.39 is 24.5 Å². The molecule has 9 nitrogen and oxygen atoms in total. The van der Waals surface area contributed by atoms with Crippen molar-refractivity contribution < 1.29 is 28.4 Å². The number of methoxy groups -OCH3 is 1. The Morgan fingerprint density at radius 1 is 1.17 bits per heavy atom. The van der Waals surface area contributed by atoms with Gasteiger partial charge in [0.25, 0.3) is 5.91 Å². The summed E-state index contributed by atoms with van der Waals surface area (Å²) < 4.78 is 14.7. The minimum atomic E-state index is -0.584. The molecular formula is C20H19N3O6S. The molecule has 0 aliphatic carbocycles. The van der Waals surface area contributed by atoms with E-state index in [2.05, 4.69) is 20.2 Å². The van der Waals surface area contributed by atoms with Crippen LogP contribution in [0.1, 0.15) is 27.5 Å². The fraction of sp³-hybridized carbons (Fsp3) is 0.250. The number of amides is 1. The molecule has 10 heteroatoms. The van der Waals surface area contributed by atoms with Crippen molar-refractivity contribution >= 4 is 34.9 Å². The average molecular weight is 429 g/mol. The Morgan fingerprint density at radius 2 is 1.93 bits per heavy atom. The second-order valence-electron chi connectivity index (χ2n) is 6.24. The third kappa shape index (κ3) is 5.51. The highest BCUT2D eigenvalue weighted by atomic mass is 32.1. The van der Waals surface area contributed by atoms with Crippen LogP contribution in [-0.4, -0.2) is 41.7 Å². The van der Waals surface area contributed by atoms with Crippen LogP contribution in [0.15, 0.2) is 40.2 Å². The Balaban J connectivity index is 1.44. The summed E-state index contributed by atoms with van der Waals surface area (Å²) >= 11 is 1.14. The lowest BCUT2D eigenvalue weighted by Gasteiger charge is -2.06. The number of hydrogen-bond acceptors (Lipinski definition) is 9. The first-order chi connectivity index (χ1) is 14.5. The Morgan fingerprint density at radius 3 is 2.67 bits per heavy atom. The molecule has 1 amide bonds. The van der Waals surface area contributed by atoms with E-state index in [-0.39, 0.29) is 17.7 Å². The molecule has 1 aromatic carbocycles. The predicted molar refractivity (Wildman–Crippen MR) is 108 cm³/mol. The van der Waals surface area contributed by atoms with Gasteiger partial charge in [-0.15, -0.1) is 11.3 Å². The monoisotopic (exact) mass is 429 g/mol. The fourth-order valence-corrected chi connectivity index (χ4v) is 3.21. The molecule has 0 bridgehead atoms. The number of nitrogens with one attached hydrogen (secondary N) is 1. The summed E-state index contributed by atoms with van der Waals surface area (Å²) in [5, 5.41) is 8.06. The second-order valence-corrected chi connectivity index (χ2v) is 7.16. The van der Waals surface area contributed by atoms with Gasteiger partial charge in [-0.3, -0.25) is 9.59 Å². The Hall–Kier alpha value is -3.53. The van der Waals surface area contributed by atoms with Gasteiger partial charge in [0.2, 0.25) is 11.7 Å². The highest BCUT2D eigenvalue weighted by Gasteiger charge is 2.17. The van der Waals surface area contributed by atoms with Gasteiger partial charge in [0, 0.05) is 12.0 Å². The van der Waals surface area contributed by atoms with Gasteiger partial charge in [-0.2, -0.15) is 4.98 Å². The first-order valence-corrected chi connectivity index (χ1v) is 9.85. The van der Waals surface area contributed by atoms with Crippen molar-refractivity contribution in [2.75, 3.05) is 19.0 Å². The quantitative estimate of drug-likeness (QED) is 0.543. The number of nitrogens with zero attached hydrogens (tertiary/aromatic N) is 2. The second kappa shape index (κ2) is 9.79. The summed E-state index contributed by atoms with van der Waals surface area (Å²) in [6.45, 7) is 1.50. The highest BCUT2D eigenvalue weighted by Crippen LogP contribution is 2.23. The number of carbonyl (C=O) groups excluding carboxylic acids is 3. The van der Waals surface area contributed by atoms with Gasteiger partial charge in [-0.1, -0.05) is 35.0 Å². The first-order valence-electron chi connectivity index (χ1n) is 8.97. The summed E-state index contributed by atoms with van der Waals surface area (Å²) in [5.41, 5.74) is 2.24. The average Bonchev–Trinajstić information content (AvgIpc) is 3.40. The number of thiophene rings is 1. The third-order valence-corrected chi connectivity index (χ3v) is 4.89. The van der Waals surface area contributed by atoms with Crippen LogP contribution in [0.2, 0.25) is 0 Å². The van der Waals surface area contributed by atoms with E-state index >= 15 is 0 Å². The lowest BCUT2D eigenvalue weighted by molar-refractivity contribution is -0.147. The number of benzene rings is 1. The summed E-state index contributed by atoms with van der Waals surface area (Å²) in [5.74, 6) is -0.963. The van der Waals surface area contributed by atoms with Gasteiger partial charge in [-0.25, -0.2) is 4.79 Å². The number of anilines is 1. The molecule has 3 aromatic rings. The van der Waals surface area contributed by atoms with Gasteiger partial charge >= 0.3 is 11.9 Å². The van der Waals surface area contributed by atoms with Crippen molar-refractivity contribution in [2.45, 2.75) is 19.8 Å². The number of aromatic nitrogens is 2. The SMILES string of the molecule is COC(=O)c1sccc1NC(=O)COC(=O)CCc1nc(-c2ccc(C)cc2)no1. The lowest BCUT2D eigenvalue weighted by Crippen LogP contribution is -2.21. The van der Waals surface area contributed by atoms with Crippen LogP contribution in [0.25, 0.3) is 11.4 Å². The fourth-order valence-electron chi connectivity index (χ4n) is 2.45. The van der Waals surface area contributed by atoms with Crippen LogP contribution in [0.3, 0.4) is 0 Å². The number of carbonyl (C=O) groups is 3. The molecule has 30 heavy (non-hydrogen) atoms. The molecule has 2 heterocycles. The van der Waals surface area contributed by atoms with Crippen molar-refractivity contribution in [3.05, 3.63) is 52.0 Å². The smallest absolute Gasteiger partial charge is 0.350 e. The lowest BCUT2D eigenvalue weighted by atomic mass is 10.1. The molecule has 0 aliphatic heterocycles. The molecule has 156 valence electrons. The van der Waals surface area contributed by atoms with Crippen molar-refractivity contribution in [1.29, 1.82) is 0 Å². The standard InChI is InChI=1S/C20H19N3O6S/c1-12-3-5-13(6-4-12)19-22-16(29-23-19)7-8-17(25)28-11-15(24)21-14-9-10-30-18(14)20(26)27-2/h3-6,9-10H,7-8,11H2,1-2H3,(H,21,24). The van der Waals surface area contributed by atoms with Crippen LogP contribution in [0.5, 0.6) is 0 Å². The Bertz CT molecular complexity index is 1040. The van der Waals surface area contributed by atoms with Gasteiger partial charge in [0.1, 0.15) is 4.88 Å². The number of ether oxygens (including phenoxy) is 2. The van der Waals surface area contributed by atoms with Crippen LogP contribution in [0, 0.1) is 6.92 Å². The third-order valence-electron chi connectivity index (χ3n) is 4.00. The maximum absolute atomic E-state index is 12.0. The van der Waals surface area contributed by atoms with E-state index in [4.69, 9.17) is 9.26 Å². The minimum absolute atomic E-state index is 0.0192. The predicted octanol–water partition coefficient (Wildman–Crippen LogP) is 3.01. The van der Waals surface area contributed by atoms with Gasteiger partial charge in [0.05, 0.1) is 19.2 Å². The van der Waals surface area contributed by atoms with Crippen molar-refractivity contribution in [3.8, 4) is 11.4 Å². The van der Waals surface area contributed by atoms with Gasteiger partial charge < -0.3 is 19.3 Å². The van der Waals surface area contributed by atoms with E-state index in [0.29, 0.717) is 17.4 Å². The zero-order valence-electron chi connectivity index (χ0n) is 16.3. The van der Waals surface area contributed by atoms with Crippen molar-refractivity contribution in [2.24, 2.45) is 0 Å². The van der Waals surface area contributed by atoms with Crippen molar-refractivity contribution in [1.82, 2.24) is 10.1 Å². The first kappa shape index (κ1) is 21.2. The van der Waals surface area contributed by atoms with Gasteiger partial charge in [-0.05, 0) is 18.4 Å². The van der Waals surface area contributed by atoms with Crippen LogP contribution in [0.4, 0.5) is 5.69 Å². The Labute approximate surface area is 176 Å². The molecule has 0 spiro atoms. The van der Waals surface area contributed by atoms with Crippen LogP contribution in [-0.2, 0) is 25.5 Å². The summed E-state index contributed by atoms with van der Waals surface area (Å²) in [6, 6.07) is 9.22. The molecule has 0 unspecified atom stereocenters. The minimum Gasteiger partial charge on any atom is -0.465 e. The summed E-state index contributed by atoms with van der Waals surface area (Å²) in [7, 11) is 1.25. The maximum atomic E-state index is 12.0. The molecule has 0 aliphatic rings. The van der Waals surface area contributed by atoms with E-state index in [1.165, 1.54) is 7.11 Å². The zero-order chi connectivity index (χ0) is 21.5. The van der Waals surface area contributed by atoms with Crippen molar-refractivity contribution in [3.63, 3.8) is 0 Å². The largest absolute Gasteiger partial charge is 0.465 e. The molecule has 0 saturated carbocycles. The normalized spacial score (nSPS) is 10.5. The van der Waals surface area contributed by atoms with E-state index in [0.717, 1.165) is 22.5 Å². The number of aryl methyl sites for hydroxylation is 2. The molecule has 0 fully saturated rings. The highest BCUT2D eigenvalue weighted by molar-refractivity contribution is 7.12. The van der Waals surface area contributed by atoms with E-state index in [1.807, 2.05) is 31.2 Å². The number of rotatable bonds is 8. The number of hydrogen-bond donors (Lipinski definition) is 1. The van der Waals surface area contributed by atoms with Crippen LogP contribution >= 0.6 is 11.3 Å². The van der Waals surface area contributed by atoms with E-state index in [1.54, 1.807) is 11.4 Å². The Kier molecular flexibility index (Phi) is 6.91. The molecular weight excluding hydrogens is 410 g/mol. The topological polar surface area (TPSA) is 121 Å². The summed E-state index contributed by atoms with van der Waals surface area (Å²) in [4.78, 5) is 40.0. The molecule has 3 rings (SSSR count). The summed E-state index contributed by atoms with van der Waals surface area (Å²) in [6.07, 6.45) is 0.172. The zero-order valence-corrected chi connectivity index (χ0v) is 17.2. The molecule has 0 radical (unpaired) electrons. The molecule has 2 aromatic heterocycles. The van der Waals surface area contributed by atoms with Crippen LogP contribution < -0.4 is 5.32 Å². The van der Waals surface area contributed by atoms with Gasteiger partial charge in [0.15, 0.2) is 6.61 Å². The molecule has 0 atom stereocenters. The van der Waals surface area contributed by atoms with E-state index in [9.17, 15) is 14.4 Å². The molecule has 0 saturated heterocycles. The molecule has 1 N–H and O–H groups in total.